The summed E-state index contributed by atoms with van der Waals surface area (Å²) >= 11 is 2.30. The summed E-state index contributed by atoms with van der Waals surface area (Å²) in [6.45, 7) is 1.98. The molecule has 0 saturated heterocycles. The van der Waals surface area contributed by atoms with Gasteiger partial charge in [0.2, 0.25) is 0 Å². The van der Waals surface area contributed by atoms with Gasteiger partial charge < -0.3 is 0 Å². The van der Waals surface area contributed by atoms with Gasteiger partial charge in [-0.15, -0.1) is 0 Å². The second-order valence-electron chi connectivity index (χ2n) is 6.51. The first-order valence-electron chi connectivity index (χ1n) is 9.25. The van der Waals surface area contributed by atoms with Gasteiger partial charge in [0, 0.05) is 20.8 Å². The summed E-state index contributed by atoms with van der Waals surface area (Å²) in [7, 11) is 0. The molecule has 0 amide bonds. The minimum absolute atomic E-state index is 0.655. The molecule has 0 aliphatic heterocycles. The van der Waals surface area contributed by atoms with E-state index in [-0.39, 0.29) is 0 Å². The van der Waals surface area contributed by atoms with Crippen molar-refractivity contribution in [1.29, 1.82) is 0 Å². The van der Waals surface area contributed by atoms with Crippen LogP contribution >= 0.6 is 22.6 Å². The normalized spacial score (nSPS) is 11.3. The van der Waals surface area contributed by atoms with Crippen LogP contribution in [0.4, 0.5) is 5.82 Å². The van der Waals surface area contributed by atoms with Crippen molar-refractivity contribution < 1.29 is 0 Å². The predicted octanol–water partition coefficient (Wildman–Crippen LogP) is 6.25. The fraction of sp³-hybridized carbons (Fsp3) is 0.0417. The van der Waals surface area contributed by atoms with E-state index in [1.165, 1.54) is 3.57 Å². The maximum absolute atomic E-state index is 4.77. The Morgan fingerprint density at radius 1 is 0.793 bits per heavy atom. The summed E-state index contributed by atoms with van der Waals surface area (Å²) in [5, 5.41) is 4.54. The number of benzene rings is 3. The molecule has 0 spiro atoms. The third-order valence-corrected chi connectivity index (χ3v) is 5.15. The van der Waals surface area contributed by atoms with E-state index in [2.05, 4.69) is 62.4 Å². The van der Waals surface area contributed by atoms with Gasteiger partial charge in [-0.25, -0.2) is 9.97 Å². The van der Waals surface area contributed by atoms with Crippen LogP contribution < -0.4 is 5.43 Å². The van der Waals surface area contributed by atoms with Crippen molar-refractivity contribution in [1.82, 2.24) is 9.97 Å². The molecular weight excluding hydrogens is 471 g/mol. The molecule has 0 fully saturated rings. The second-order valence-corrected chi connectivity index (χ2v) is 7.76. The van der Waals surface area contributed by atoms with Crippen molar-refractivity contribution in [3.05, 3.63) is 100 Å². The molecule has 0 radical (unpaired) electrons. The molecule has 1 aromatic heterocycles. The topological polar surface area (TPSA) is 50.2 Å². The molecule has 5 heteroatoms. The Morgan fingerprint density at radius 3 is 2.07 bits per heavy atom. The predicted molar refractivity (Wildman–Crippen MR) is 128 cm³/mol. The lowest BCUT2D eigenvalue weighted by atomic mass is 10.1. The van der Waals surface area contributed by atoms with Crippen molar-refractivity contribution in [3.8, 4) is 22.6 Å². The molecule has 0 unspecified atom stereocenters. The maximum Gasteiger partial charge on any atom is 0.162 e. The zero-order valence-electron chi connectivity index (χ0n) is 15.9. The SMILES string of the molecule is C/C(=N/Nc1cc(-c2ccccc2)nc(-c2ccccc2)n1)c1ccc(I)cc1. The van der Waals surface area contributed by atoms with Crippen LogP contribution in [0.3, 0.4) is 0 Å². The van der Waals surface area contributed by atoms with E-state index in [1.807, 2.05) is 73.7 Å². The highest BCUT2D eigenvalue weighted by Crippen LogP contribution is 2.24. The number of rotatable bonds is 5. The molecule has 29 heavy (non-hydrogen) atoms. The lowest BCUT2D eigenvalue weighted by Crippen LogP contribution is -2.03. The Balaban J connectivity index is 1.70. The maximum atomic E-state index is 4.77. The van der Waals surface area contributed by atoms with E-state index >= 15 is 0 Å². The molecule has 4 nitrogen and oxygen atoms in total. The first kappa shape index (κ1) is 19.3. The zero-order chi connectivity index (χ0) is 20.1. The number of hydrogen-bond acceptors (Lipinski definition) is 4. The molecule has 1 heterocycles. The molecule has 0 bridgehead atoms. The molecule has 1 N–H and O–H groups in total. The smallest absolute Gasteiger partial charge is 0.162 e. The van der Waals surface area contributed by atoms with Gasteiger partial charge in [-0.05, 0) is 47.2 Å². The van der Waals surface area contributed by atoms with Gasteiger partial charge in [-0.2, -0.15) is 5.10 Å². The van der Waals surface area contributed by atoms with Crippen LogP contribution in [0.2, 0.25) is 0 Å². The standard InChI is InChI=1S/C24H19IN4/c1-17(18-12-14-21(25)15-13-18)28-29-23-16-22(19-8-4-2-5-9-19)26-24(27-23)20-10-6-3-7-11-20/h2-16H,1H3,(H,26,27,29)/b28-17-. The molecule has 0 aliphatic carbocycles. The van der Waals surface area contributed by atoms with Crippen molar-refractivity contribution >= 4 is 34.1 Å². The number of halogens is 1. The zero-order valence-corrected chi connectivity index (χ0v) is 18.0. The number of hydrazone groups is 1. The van der Waals surface area contributed by atoms with Crippen molar-refractivity contribution in [2.45, 2.75) is 6.92 Å². The summed E-state index contributed by atoms with van der Waals surface area (Å²) < 4.78 is 1.20. The quantitative estimate of drug-likeness (QED) is 0.204. The van der Waals surface area contributed by atoms with Gasteiger partial charge >= 0.3 is 0 Å². The third-order valence-electron chi connectivity index (χ3n) is 4.43. The van der Waals surface area contributed by atoms with E-state index in [0.29, 0.717) is 11.6 Å². The summed E-state index contributed by atoms with van der Waals surface area (Å²) in [6, 6.07) is 30.3. The number of anilines is 1. The molecule has 4 rings (SSSR count). The van der Waals surface area contributed by atoms with Crippen LogP contribution in [0.15, 0.2) is 96.1 Å². The molecule has 4 aromatic rings. The number of hydrogen-bond donors (Lipinski definition) is 1. The molecular formula is C24H19IN4. The highest BCUT2D eigenvalue weighted by molar-refractivity contribution is 14.1. The second kappa shape index (κ2) is 8.96. The average Bonchev–Trinajstić information content (AvgIpc) is 2.79. The van der Waals surface area contributed by atoms with Crippen molar-refractivity contribution in [3.63, 3.8) is 0 Å². The summed E-state index contributed by atoms with van der Waals surface area (Å²) in [4.78, 5) is 9.45. The fourth-order valence-corrected chi connectivity index (χ4v) is 3.23. The molecule has 0 aliphatic rings. The summed E-state index contributed by atoms with van der Waals surface area (Å²) in [6.07, 6.45) is 0. The number of nitrogens with zero attached hydrogens (tertiary/aromatic N) is 3. The summed E-state index contributed by atoms with van der Waals surface area (Å²) in [5.41, 5.74) is 7.92. The van der Waals surface area contributed by atoms with Crippen LogP contribution in [0.25, 0.3) is 22.6 Å². The lowest BCUT2D eigenvalue weighted by Gasteiger charge is -2.09. The average molecular weight is 490 g/mol. The van der Waals surface area contributed by atoms with Gasteiger partial charge in [0.1, 0.15) is 0 Å². The molecule has 3 aromatic carbocycles. The number of nitrogens with one attached hydrogen (secondary N) is 1. The van der Waals surface area contributed by atoms with Crippen molar-refractivity contribution in [2.75, 3.05) is 5.43 Å². The van der Waals surface area contributed by atoms with Crippen LogP contribution in [0, 0.1) is 3.57 Å². The fourth-order valence-electron chi connectivity index (χ4n) is 2.87. The minimum atomic E-state index is 0.655. The monoisotopic (exact) mass is 490 g/mol. The van der Waals surface area contributed by atoms with Crippen LogP contribution in [0.1, 0.15) is 12.5 Å². The highest BCUT2D eigenvalue weighted by Gasteiger charge is 2.08. The molecule has 0 saturated carbocycles. The Hall–Kier alpha value is -3.06. The summed E-state index contributed by atoms with van der Waals surface area (Å²) in [5.74, 6) is 1.32. The largest absolute Gasteiger partial charge is 0.261 e. The minimum Gasteiger partial charge on any atom is -0.261 e. The Bertz CT molecular complexity index is 1070. The van der Waals surface area contributed by atoms with E-state index < -0.39 is 0 Å². The Kier molecular flexibility index (Phi) is 5.95. The first-order valence-corrected chi connectivity index (χ1v) is 10.3. The third kappa shape index (κ3) is 4.86. The van der Waals surface area contributed by atoms with Gasteiger partial charge in [0.15, 0.2) is 11.6 Å². The van der Waals surface area contributed by atoms with E-state index in [4.69, 9.17) is 4.98 Å². The molecule has 142 valence electrons. The van der Waals surface area contributed by atoms with Crippen LogP contribution in [-0.2, 0) is 0 Å². The first-order chi connectivity index (χ1) is 14.2. The van der Waals surface area contributed by atoms with E-state index in [9.17, 15) is 0 Å². The Morgan fingerprint density at radius 2 is 1.41 bits per heavy atom. The number of aromatic nitrogens is 2. The highest BCUT2D eigenvalue weighted by atomic mass is 127. The van der Waals surface area contributed by atoms with Gasteiger partial charge in [-0.1, -0.05) is 72.8 Å². The Labute approximate surface area is 183 Å². The molecule has 0 atom stereocenters. The van der Waals surface area contributed by atoms with Crippen molar-refractivity contribution in [2.24, 2.45) is 5.10 Å². The lowest BCUT2D eigenvalue weighted by molar-refractivity contribution is 1.15. The van der Waals surface area contributed by atoms with Gasteiger partial charge in [0.05, 0.1) is 11.4 Å². The van der Waals surface area contributed by atoms with E-state index in [1.54, 1.807) is 0 Å². The van der Waals surface area contributed by atoms with Gasteiger partial charge in [0.25, 0.3) is 0 Å². The van der Waals surface area contributed by atoms with E-state index in [0.717, 1.165) is 28.1 Å². The van der Waals surface area contributed by atoms with Crippen LogP contribution in [0.5, 0.6) is 0 Å². The van der Waals surface area contributed by atoms with Gasteiger partial charge in [-0.3, -0.25) is 5.43 Å². The van der Waals surface area contributed by atoms with Crippen LogP contribution in [-0.4, -0.2) is 15.7 Å².